The molecule has 0 spiro atoms. The van der Waals surface area contributed by atoms with Gasteiger partial charge in [0, 0.05) is 50.6 Å². The van der Waals surface area contributed by atoms with E-state index < -0.39 is 6.04 Å². The number of hydrogen-bond acceptors (Lipinski definition) is 6. The predicted octanol–water partition coefficient (Wildman–Crippen LogP) is 2.08. The number of carbonyl (C=O) groups is 2. The van der Waals surface area contributed by atoms with Crippen LogP contribution in [0.2, 0.25) is 0 Å². The van der Waals surface area contributed by atoms with Crippen LogP contribution in [0.3, 0.4) is 0 Å². The predicted molar refractivity (Wildman–Crippen MR) is 121 cm³/mol. The molecule has 7 nitrogen and oxygen atoms in total. The molecule has 1 aliphatic rings. The van der Waals surface area contributed by atoms with Gasteiger partial charge in [-0.3, -0.25) is 14.5 Å². The second-order valence-electron chi connectivity index (χ2n) is 7.78. The summed E-state index contributed by atoms with van der Waals surface area (Å²) in [6.07, 6.45) is 1.39. The number of piperidine rings is 1. The minimum Gasteiger partial charge on any atom is -0.353 e. The van der Waals surface area contributed by atoms with Crippen molar-refractivity contribution < 1.29 is 9.59 Å². The molecule has 1 fully saturated rings. The Kier molecular flexibility index (Phi) is 8.18. The number of hydrogen-bond donors (Lipinski definition) is 2. The summed E-state index contributed by atoms with van der Waals surface area (Å²) in [5, 5.41) is 14.0. The first kappa shape index (κ1) is 22.9. The van der Waals surface area contributed by atoms with Gasteiger partial charge >= 0.3 is 0 Å². The van der Waals surface area contributed by atoms with Gasteiger partial charge in [-0.05, 0) is 42.0 Å². The number of nitrogens with zero attached hydrogens (tertiary/aromatic N) is 3. The van der Waals surface area contributed by atoms with E-state index >= 15 is 0 Å². The van der Waals surface area contributed by atoms with E-state index in [0.29, 0.717) is 38.2 Å². The first-order valence-electron chi connectivity index (χ1n) is 10.5. The van der Waals surface area contributed by atoms with Crippen molar-refractivity contribution in [3.05, 3.63) is 57.8 Å². The molecule has 2 heterocycles. The molecule has 2 atom stereocenters. The number of carbonyl (C=O) groups excluding carboxylic acids is 2. The number of nitrogens with two attached hydrogens (primary N) is 1. The van der Waals surface area contributed by atoms with Crippen molar-refractivity contribution in [2.24, 2.45) is 5.73 Å². The van der Waals surface area contributed by atoms with Crippen LogP contribution >= 0.6 is 11.3 Å². The molecule has 0 saturated carbocycles. The SMILES string of the molecule is CC(=O)N1CCC(N(Cc2ccc(C#N)cc2)Cc2cccs2)C[C@@H]1C(=O)NCCN. The number of benzene rings is 1. The highest BCUT2D eigenvalue weighted by Crippen LogP contribution is 2.27. The second kappa shape index (κ2) is 11.0. The molecule has 164 valence electrons. The van der Waals surface area contributed by atoms with Gasteiger partial charge in [-0.1, -0.05) is 18.2 Å². The molecule has 0 aliphatic carbocycles. The Labute approximate surface area is 187 Å². The van der Waals surface area contributed by atoms with E-state index in [2.05, 4.69) is 27.7 Å². The third-order valence-electron chi connectivity index (χ3n) is 5.65. The van der Waals surface area contributed by atoms with Crippen molar-refractivity contribution in [3.63, 3.8) is 0 Å². The maximum Gasteiger partial charge on any atom is 0.242 e. The van der Waals surface area contributed by atoms with E-state index in [1.165, 1.54) is 11.8 Å². The van der Waals surface area contributed by atoms with E-state index in [1.807, 2.05) is 30.3 Å². The van der Waals surface area contributed by atoms with Crippen LogP contribution in [0.5, 0.6) is 0 Å². The minimum atomic E-state index is -0.491. The van der Waals surface area contributed by atoms with Crippen LogP contribution in [0.1, 0.15) is 35.8 Å². The molecule has 1 saturated heterocycles. The van der Waals surface area contributed by atoms with Crippen LogP contribution < -0.4 is 11.1 Å². The lowest BCUT2D eigenvalue weighted by molar-refractivity contribution is -0.142. The van der Waals surface area contributed by atoms with Crippen molar-refractivity contribution >= 4 is 23.2 Å². The number of amides is 2. The maximum atomic E-state index is 12.8. The average molecular weight is 440 g/mol. The van der Waals surface area contributed by atoms with Crippen molar-refractivity contribution in [3.8, 4) is 6.07 Å². The Hall–Kier alpha value is -2.73. The maximum absolute atomic E-state index is 12.8. The Morgan fingerprint density at radius 1 is 1.29 bits per heavy atom. The number of thiophene rings is 1. The molecular formula is C23H29N5O2S. The zero-order valence-electron chi connectivity index (χ0n) is 17.8. The zero-order valence-corrected chi connectivity index (χ0v) is 18.6. The van der Waals surface area contributed by atoms with Gasteiger partial charge in [-0.15, -0.1) is 11.3 Å². The van der Waals surface area contributed by atoms with E-state index in [-0.39, 0.29) is 17.9 Å². The first-order valence-corrected chi connectivity index (χ1v) is 11.4. The van der Waals surface area contributed by atoms with Crippen molar-refractivity contribution in [2.45, 2.75) is 44.9 Å². The van der Waals surface area contributed by atoms with Crippen molar-refractivity contribution in [2.75, 3.05) is 19.6 Å². The molecule has 0 radical (unpaired) electrons. The van der Waals surface area contributed by atoms with Crippen LogP contribution in [0, 0.1) is 11.3 Å². The van der Waals surface area contributed by atoms with Gasteiger partial charge in [0.1, 0.15) is 6.04 Å². The summed E-state index contributed by atoms with van der Waals surface area (Å²) in [5.74, 6) is -0.219. The highest BCUT2D eigenvalue weighted by atomic mass is 32.1. The highest BCUT2D eigenvalue weighted by molar-refractivity contribution is 7.09. The second-order valence-corrected chi connectivity index (χ2v) is 8.81. The summed E-state index contributed by atoms with van der Waals surface area (Å²) in [5.41, 5.74) is 7.29. The summed E-state index contributed by atoms with van der Waals surface area (Å²) < 4.78 is 0. The molecule has 2 aromatic rings. The summed E-state index contributed by atoms with van der Waals surface area (Å²) in [4.78, 5) is 30.2. The molecule has 1 aromatic heterocycles. The largest absolute Gasteiger partial charge is 0.353 e. The summed E-state index contributed by atoms with van der Waals surface area (Å²) in [7, 11) is 0. The van der Waals surface area contributed by atoms with Gasteiger partial charge in [-0.2, -0.15) is 5.26 Å². The lowest BCUT2D eigenvalue weighted by atomic mass is 9.94. The van der Waals surface area contributed by atoms with Crippen LogP contribution in [-0.4, -0.2) is 53.3 Å². The Balaban J connectivity index is 1.80. The molecule has 1 unspecified atom stereocenters. The Bertz CT molecular complexity index is 907. The average Bonchev–Trinajstić information content (AvgIpc) is 3.30. The fourth-order valence-corrected chi connectivity index (χ4v) is 4.78. The quantitative estimate of drug-likeness (QED) is 0.656. The molecule has 3 rings (SSSR count). The van der Waals surface area contributed by atoms with Gasteiger partial charge in [-0.25, -0.2) is 0 Å². The fraction of sp³-hybridized carbons (Fsp3) is 0.435. The van der Waals surface area contributed by atoms with E-state index in [0.717, 1.165) is 18.5 Å². The van der Waals surface area contributed by atoms with Crippen LogP contribution in [0.15, 0.2) is 41.8 Å². The van der Waals surface area contributed by atoms with E-state index in [1.54, 1.807) is 16.2 Å². The van der Waals surface area contributed by atoms with Gasteiger partial charge < -0.3 is 16.0 Å². The number of nitriles is 1. The fourth-order valence-electron chi connectivity index (χ4n) is 4.05. The first-order chi connectivity index (χ1) is 15.0. The molecule has 0 bridgehead atoms. The molecular weight excluding hydrogens is 410 g/mol. The van der Waals surface area contributed by atoms with Crippen LogP contribution in [-0.2, 0) is 22.7 Å². The Morgan fingerprint density at radius 3 is 2.68 bits per heavy atom. The third kappa shape index (κ3) is 6.14. The monoisotopic (exact) mass is 439 g/mol. The minimum absolute atomic E-state index is 0.0803. The normalized spacial score (nSPS) is 18.6. The number of likely N-dealkylation sites (tertiary alicyclic amines) is 1. The smallest absolute Gasteiger partial charge is 0.242 e. The highest BCUT2D eigenvalue weighted by Gasteiger charge is 2.37. The molecule has 1 aliphatic heterocycles. The van der Waals surface area contributed by atoms with Gasteiger partial charge in [0.2, 0.25) is 11.8 Å². The lowest BCUT2D eigenvalue weighted by Gasteiger charge is -2.42. The lowest BCUT2D eigenvalue weighted by Crippen LogP contribution is -2.57. The van der Waals surface area contributed by atoms with E-state index in [4.69, 9.17) is 11.0 Å². The molecule has 31 heavy (non-hydrogen) atoms. The molecule has 2 amide bonds. The number of rotatable bonds is 8. The van der Waals surface area contributed by atoms with Crippen LogP contribution in [0.25, 0.3) is 0 Å². The van der Waals surface area contributed by atoms with Gasteiger partial charge in [0.25, 0.3) is 0 Å². The third-order valence-corrected chi connectivity index (χ3v) is 6.51. The molecule has 1 aromatic carbocycles. The number of nitrogens with one attached hydrogen (secondary N) is 1. The summed E-state index contributed by atoms with van der Waals surface area (Å²) in [6, 6.07) is 13.6. The summed E-state index contributed by atoms with van der Waals surface area (Å²) >= 11 is 1.71. The van der Waals surface area contributed by atoms with E-state index in [9.17, 15) is 9.59 Å². The van der Waals surface area contributed by atoms with Gasteiger partial charge in [0.15, 0.2) is 0 Å². The zero-order chi connectivity index (χ0) is 22.2. The van der Waals surface area contributed by atoms with Crippen molar-refractivity contribution in [1.82, 2.24) is 15.1 Å². The Morgan fingerprint density at radius 2 is 2.06 bits per heavy atom. The standard InChI is InChI=1S/C23H29N5O2S/c1-17(29)28-11-8-20(13-22(28)23(30)26-10-9-24)27(16-21-3-2-12-31-21)15-19-6-4-18(14-25)5-7-19/h2-7,12,20,22H,8-11,13,15-16,24H2,1H3,(H,26,30)/t20?,22-/m1/s1. The molecule has 8 heteroatoms. The topological polar surface area (TPSA) is 102 Å². The van der Waals surface area contributed by atoms with Gasteiger partial charge in [0.05, 0.1) is 11.6 Å². The molecule has 3 N–H and O–H groups in total. The van der Waals surface area contributed by atoms with Crippen molar-refractivity contribution in [1.29, 1.82) is 5.26 Å². The summed E-state index contributed by atoms with van der Waals surface area (Å²) in [6.45, 7) is 4.32. The van der Waals surface area contributed by atoms with Crippen LogP contribution in [0.4, 0.5) is 0 Å².